The maximum atomic E-state index is 10.6. The largest absolute Gasteiger partial charge is 0.480 e. The number of halogens is 2. The molecule has 1 aromatic rings. The zero-order chi connectivity index (χ0) is 11.4. The summed E-state index contributed by atoms with van der Waals surface area (Å²) >= 11 is 11.8. The first-order valence-corrected chi connectivity index (χ1v) is 5.17. The second-order valence-electron chi connectivity index (χ2n) is 3.15. The minimum atomic E-state index is -0.895. The molecule has 2 N–H and O–H groups in total. The lowest BCUT2D eigenvalue weighted by molar-refractivity contribution is -0.139. The summed E-state index contributed by atoms with van der Waals surface area (Å²) in [5.74, 6) is -0.895. The second kappa shape index (κ2) is 5.35. The summed E-state index contributed by atoms with van der Waals surface area (Å²) in [5, 5.41) is 12.4. The van der Waals surface area contributed by atoms with E-state index in [4.69, 9.17) is 28.3 Å². The molecule has 0 fully saturated rings. The fourth-order valence-corrected chi connectivity index (χ4v) is 1.42. The lowest BCUT2D eigenvalue weighted by atomic mass is 10.2. The molecule has 1 aromatic carbocycles. The lowest BCUT2D eigenvalue weighted by Gasteiger charge is -2.10. The molecule has 1 rings (SSSR count). The van der Waals surface area contributed by atoms with Gasteiger partial charge in [0.15, 0.2) is 0 Å². The topological polar surface area (TPSA) is 49.3 Å². The number of hydrogen-bond acceptors (Lipinski definition) is 2. The molecule has 0 heterocycles. The van der Waals surface area contributed by atoms with Gasteiger partial charge >= 0.3 is 5.97 Å². The van der Waals surface area contributed by atoms with Gasteiger partial charge in [-0.1, -0.05) is 35.3 Å². The van der Waals surface area contributed by atoms with Gasteiger partial charge in [0.05, 0.1) is 10.0 Å². The van der Waals surface area contributed by atoms with Gasteiger partial charge < -0.3 is 10.4 Å². The highest BCUT2D eigenvalue weighted by atomic mass is 35.5. The van der Waals surface area contributed by atoms with E-state index in [1.54, 1.807) is 25.1 Å². The molecule has 0 amide bonds. The molecule has 5 heteroatoms. The van der Waals surface area contributed by atoms with E-state index in [1.165, 1.54) is 0 Å². The van der Waals surface area contributed by atoms with Crippen LogP contribution in [0.1, 0.15) is 12.5 Å². The van der Waals surface area contributed by atoms with Crippen LogP contribution in [0, 0.1) is 0 Å². The fraction of sp³-hybridized carbons (Fsp3) is 0.300. The van der Waals surface area contributed by atoms with Crippen LogP contribution < -0.4 is 5.32 Å². The van der Waals surface area contributed by atoms with Gasteiger partial charge in [-0.15, -0.1) is 0 Å². The zero-order valence-corrected chi connectivity index (χ0v) is 9.64. The third kappa shape index (κ3) is 3.38. The molecule has 0 spiro atoms. The summed E-state index contributed by atoms with van der Waals surface area (Å²) in [5.41, 5.74) is 0.789. The van der Waals surface area contributed by atoms with Crippen LogP contribution in [0.3, 0.4) is 0 Å². The Kier molecular flexibility index (Phi) is 4.39. The van der Waals surface area contributed by atoms with Crippen molar-refractivity contribution in [1.82, 2.24) is 5.32 Å². The first-order valence-electron chi connectivity index (χ1n) is 4.41. The average Bonchev–Trinajstić information content (AvgIpc) is 2.19. The summed E-state index contributed by atoms with van der Waals surface area (Å²) in [4.78, 5) is 10.6. The van der Waals surface area contributed by atoms with Crippen LogP contribution in [-0.4, -0.2) is 17.1 Å². The van der Waals surface area contributed by atoms with Gasteiger partial charge in [-0.2, -0.15) is 0 Å². The Labute approximate surface area is 98.0 Å². The molecule has 0 aromatic heterocycles. The van der Waals surface area contributed by atoms with E-state index in [1.807, 2.05) is 0 Å². The maximum absolute atomic E-state index is 10.6. The van der Waals surface area contributed by atoms with Crippen LogP contribution >= 0.6 is 23.2 Å². The Bertz CT molecular complexity index is 368. The van der Waals surface area contributed by atoms with Crippen LogP contribution in [-0.2, 0) is 11.3 Å². The molecule has 0 radical (unpaired) electrons. The second-order valence-corrected chi connectivity index (χ2v) is 3.94. The van der Waals surface area contributed by atoms with Gasteiger partial charge in [0, 0.05) is 6.54 Å². The molecule has 0 aliphatic heterocycles. The SMILES string of the molecule is C[C@@H](NCc1cccc(Cl)c1Cl)C(=O)O. The third-order valence-corrected chi connectivity index (χ3v) is 2.86. The number of carboxylic acid groups (broad SMARTS) is 1. The molecule has 0 aliphatic carbocycles. The summed E-state index contributed by atoms with van der Waals surface area (Å²) in [6.45, 7) is 1.95. The summed E-state index contributed by atoms with van der Waals surface area (Å²) < 4.78 is 0. The monoisotopic (exact) mass is 247 g/mol. The van der Waals surface area contributed by atoms with E-state index in [0.717, 1.165) is 5.56 Å². The summed E-state index contributed by atoms with van der Waals surface area (Å²) in [7, 11) is 0. The van der Waals surface area contributed by atoms with Crippen LogP contribution in [0.2, 0.25) is 10.0 Å². The van der Waals surface area contributed by atoms with E-state index in [0.29, 0.717) is 16.6 Å². The minimum absolute atomic E-state index is 0.382. The smallest absolute Gasteiger partial charge is 0.320 e. The van der Waals surface area contributed by atoms with Crippen molar-refractivity contribution in [2.45, 2.75) is 19.5 Å². The van der Waals surface area contributed by atoms with E-state index < -0.39 is 12.0 Å². The maximum Gasteiger partial charge on any atom is 0.320 e. The lowest BCUT2D eigenvalue weighted by Crippen LogP contribution is -2.33. The number of carboxylic acids is 1. The Hall–Kier alpha value is -0.770. The molecular formula is C10H11Cl2NO2. The van der Waals surface area contributed by atoms with E-state index in [2.05, 4.69) is 5.32 Å². The molecule has 15 heavy (non-hydrogen) atoms. The highest BCUT2D eigenvalue weighted by molar-refractivity contribution is 6.42. The highest BCUT2D eigenvalue weighted by Gasteiger charge is 2.11. The van der Waals surface area contributed by atoms with Crippen molar-refractivity contribution in [3.05, 3.63) is 33.8 Å². The number of carbonyl (C=O) groups is 1. The highest BCUT2D eigenvalue weighted by Crippen LogP contribution is 2.25. The molecule has 0 bridgehead atoms. The number of nitrogens with one attached hydrogen (secondary N) is 1. The number of rotatable bonds is 4. The van der Waals surface area contributed by atoms with Crippen LogP contribution in [0.25, 0.3) is 0 Å². The Morgan fingerprint density at radius 1 is 1.53 bits per heavy atom. The minimum Gasteiger partial charge on any atom is -0.480 e. The normalized spacial score (nSPS) is 12.5. The van der Waals surface area contributed by atoms with Crippen molar-refractivity contribution < 1.29 is 9.90 Å². The van der Waals surface area contributed by atoms with Crippen molar-refractivity contribution in [2.75, 3.05) is 0 Å². The predicted molar refractivity (Wildman–Crippen MR) is 60.4 cm³/mol. The van der Waals surface area contributed by atoms with Gasteiger partial charge in [0.2, 0.25) is 0 Å². The molecular weight excluding hydrogens is 237 g/mol. The standard InChI is InChI=1S/C10H11Cl2NO2/c1-6(10(14)15)13-5-7-3-2-4-8(11)9(7)12/h2-4,6,13H,5H2,1H3,(H,14,15)/t6-/m1/s1. The molecule has 1 atom stereocenters. The summed E-state index contributed by atoms with van der Waals surface area (Å²) in [6, 6.07) is 4.65. The molecule has 82 valence electrons. The molecule has 0 saturated heterocycles. The molecule has 0 aliphatic rings. The molecule has 0 unspecified atom stereocenters. The predicted octanol–water partition coefficient (Wildman–Crippen LogP) is 2.56. The zero-order valence-electron chi connectivity index (χ0n) is 8.13. The van der Waals surface area contributed by atoms with Gasteiger partial charge in [-0.05, 0) is 18.6 Å². The average molecular weight is 248 g/mol. The van der Waals surface area contributed by atoms with Gasteiger partial charge in [0.1, 0.15) is 6.04 Å². The Morgan fingerprint density at radius 2 is 2.20 bits per heavy atom. The number of aliphatic carboxylic acids is 1. The Balaban J connectivity index is 2.66. The van der Waals surface area contributed by atoms with Crippen LogP contribution in [0.4, 0.5) is 0 Å². The van der Waals surface area contributed by atoms with Gasteiger partial charge in [0.25, 0.3) is 0 Å². The van der Waals surface area contributed by atoms with Gasteiger partial charge in [-0.3, -0.25) is 4.79 Å². The first kappa shape index (κ1) is 12.3. The van der Waals surface area contributed by atoms with Crippen LogP contribution in [0.15, 0.2) is 18.2 Å². The third-order valence-electron chi connectivity index (χ3n) is 2.00. The van der Waals surface area contributed by atoms with E-state index in [-0.39, 0.29) is 0 Å². The first-order chi connectivity index (χ1) is 7.02. The van der Waals surface area contributed by atoms with E-state index in [9.17, 15) is 4.79 Å². The summed E-state index contributed by atoms with van der Waals surface area (Å²) in [6.07, 6.45) is 0. The fourth-order valence-electron chi connectivity index (χ4n) is 1.04. The van der Waals surface area contributed by atoms with Crippen molar-refractivity contribution >= 4 is 29.2 Å². The molecule has 0 saturated carbocycles. The van der Waals surface area contributed by atoms with Crippen molar-refractivity contribution in [3.63, 3.8) is 0 Å². The molecule has 3 nitrogen and oxygen atoms in total. The quantitative estimate of drug-likeness (QED) is 0.860. The van der Waals surface area contributed by atoms with Crippen molar-refractivity contribution in [3.8, 4) is 0 Å². The number of hydrogen-bond donors (Lipinski definition) is 2. The van der Waals surface area contributed by atoms with Crippen molar-refractivity contribution in [1.29, 1.82) is 0 Å². The number of benzene rings is 1. The van der Waals surface area contributed by atoms with Gasteiger partial charge in [-0.25, -0.2) is 0 Å². The Morgan fingerprint density at radius 3 is 2.80 bits per heavy atom. The van der Waals surface area contributed by atoms with Crippen LogP contribution in [0.5, 0.6) is 0 Å². The van der Waals surface area contributed by atoms with Crippen molar-refractivity contribution in [2.24, 2.45) is 0 Å². The van der Waals surface area contributed by atoms with E-state index >= 15 is 0 Å².